The van der Waals surface area contributed by atoms with Crippen molar-refractivity contribution in [2.75, 3.05) is 0 Å². The van der Waals surface area contributed by atoms with Gasteiger partial charge in [0.2, 0.25) is 5.91 Å². The molecule has 8 heteroatoms. The number of terminal acetylenes is 1. The fourth-order valence-corrected chi connectivity index (χ4v) is 2.23. The predicted octanol–water partition coefficient (Wildman–Crippen LogP) is 1.19. The number of aryl methyl sites for hydroxylation is 1. The quantitative estimate of drug-likeness (QED) is 0.592. The molecule has 23 heavy (non-hydrogen) atoms. The molecule has 3 N–H and O–H groups in total. The largest absolute Gasteiger partial charge is 0.480 e. The molecular formula is C15H19N5O3. The third-order valence-corrected chi connectivity index (χ3v) is 3.77. The molecule has 2 rings (SSSR count). The number of nitrogens with zero attached hydrogens (tertiary/aromatic N) is 3. The van der Waals surface area contributed by atoms with E-state index in [2.05, 4.69) is 31.4 Å². The SMILES string of the molecule is C#CCCC1(CCC(=O)NC(Cc2nc[nH]c2C)C(=O)O)N=N1. The van der Waals surface area contributed by atoms with E-state index in [1.54, 1.807) is 6.92 Å². The number of aliphatic carboxylic acids is 1. The van der Waals surface area contributed by atoms with Gasteiger partial charge in [0, 0.05) is 37.8 Å². The van der Waals surface area contributed by atoms with Crippen molar-refractivity contribution in [1.29, 1.82) is 0 Å². The number of carbonyl (C=O) groups excluding carboxylic acids is 1. The smallest absolute Gasteiger partial charge is 0.326 e. The van der Waals surface area contributed by atoms with Crippen LogP contribution < -0.4 is 5.32 Å². The Kier molecular flexibility index (Phi) is 5.11. The van der Waals surface area contributed by atoms with Gasteiger partial charge in [-0.3, -0.25) is 4.79 Å². The second-order valence-electron chi connectivity index (χ2n) is 5.52. The number of rotatable bonds is 9. The van der Waals surface area contributed by atoms with Crippen molar-refractivity contribution in [2.24, 2.45) is 10.2 Å². The van der Waals surface area contributed by atoms with Crippen LogP contribution in [0.15, 0.2) is 16.6 Å². The summed E-state index contributed by atoms with van der Waals surface area (Å²) >= 11 is 0. The van der Waals surface area contributed by atoms with Crippen molar-refractivity contribution in [3.63, 3.8) is 0 Å². The first-order chi connectivity index (χ1) is 11.0. The summed E-state index contributed by atoms with van der Waals surface area (Å²) in [6, 6.07) is -1.01. The number of amides is 1. The zero-order valence-corrected chi connectivity index (χ0v) is 12.9. The summed E-state index contributed by atoms with van der Waals surface area (Å²) in [6.07, 6.45) is 8.59. The van der Waals surface area contributed by atoms with Gasteiger partial charge in [0.25, 0.3) is 0 Å². The van der Waals surface area contributed by atoms with E-state index in [9.17, 15) is 14.7 Å². The van der Waals surface area contributed by atoms with Gasteiger partial charge in [0.1, 0.15) is 6.04 Å². The topological polar surface area (TPSA) is 120 Å². The maximum Gasteiger partial charge on any atom is 0.326 e. The van der Waals surface area contributed by atoms with Crippen LogP contribution in [0, 0.1) is 19.3 Å². The molecule has 1 atom stereocenters. The number of carboxylic acids is 1. The zero-order chi connectivity index (χ0) is 16.9. The lowest BCUT2D eigenvalue weighted by atomic mass is 10.0. The van der Waals surface area contributed by atoms with E-state index in [1.165, 1.54) is 6.33 Å². The monoisotopic (exact) mass is 317 g/mol. The van der Waals surface area contributed by atoms with Crippen molar-refractivity contribution in [3.05, 3.63) is 17.7 Å². The van der Waals surface area contributed by atoms with Gasteiger partial charge in [-0.05, 0) is 6.92 Å². The van der Waals surface area contributed by atoms with Gasteiger partial charge in [-0.1, -0.05) is 0 Å². The lowest BCUT2D eigenvalue weighted by Gasteiger charge is -2.15. The molecule has 0 radical (unpaired) electrons. The number of hydrogen-bond acceptors (Lipinski definition) is 5. The highest BCUT2D eigenvalue weighted by molar-refractivity contribution is 5.83. The molecule has 122 valence electrons. The molecule has 1 aromatic heterocycles. The van der Waals surface area contributed by atoms with Gasteiger partial charge in [-0.15, -0.1) is 12.3 Å². The number of hydrogen-bond donors (Lipinski definition) is 3. The average molecular weight is 317 g/mol. The summed E-state index contributed by atoms with van der Waals surface area (Å²) in [4.78, 5) is 30.2. The normalized spacial score (nSPS) is 15.7. The van der Waals surface area contributed by atoms with Crippen molar-refractivity contribution in [1.82, 2.24) is 15.3 Å². The molecule has 0 aliphatic carbocycles. The molecule has 1 aliphatic heterocycles. The molecular weight excluding hydrogens is 298 g/mol. The minimum absolute atomic E-state index is 0.132. The minimum atomic E-state index is -1.09. The highest BCUT2D eigenvalue weighted by Gasteiger charge is 2.39. The van der Waals surface area contributed by atoms with E-state index in [-0.39, 0.29) is 18.7 Å². The van der Waals surface area contributed by atoms with Crippen LogP contribution >= 0.6 is 0 Å². The highest BCUT2D eigenvalue weighted by atomic mass is 16.4. The van der Waals surface area contributed by atoms with Crippen molar-refractivity contribution < 1.29 is 14.7 Å². The minimum Gasteiger partial charge on any atom is -0.480 e. The number of carbonyl (C=O) groups is 2. The Labute approximate surface area is 133 Å². The summed E-state index contributed by atoms with van der Waals surface area (Å²) in [6.45, 7) is 1.80. The van der Waals surface area contributed by atoms with Crippen LogP contribution in [0.2, 0.25) is 0 Å². The summed E-state index contributed by atoms with van der Waals surface area (Å²) in [5, 5.41) is 19.7. The first kappa shape index (κ1) is 16.7. The van der Waals surface area contributed by atoms with E-state index >= 15 is 0 Å². The molecule has 0 saturated heterocycles. The molecule has 1 aromatic rings. The molecule has 2 heterocycles. The Morgan fingerprint density at radius 2 is 2.22 bits per heavy atom. The first-order valence-corrected chi connectivity index (χ1v) is 7.34. The number of aromatic nitrogens is 2. The molecule has 0 fully saturated rings. The fraction of sp³-hybridized carbons (Fsp3) is 0.533. The first-order valence-electron chi connectivity index (χ1n) is 7.34. The predicted molar refractivity (Wildman–Crippen MR) is 81.5 cm³/mol. The molecule has 0 saturated carbocycles. The molecule has 0 aromatic carbocycles. The van der Waals surface area contributed by atoms with Crippen LogP contribution in [0.4, 0.5) is 0 Å². The second-order valence-corrected chi connectivity index (χ2v) is 5.52. The van der Waals surface area contributed by atoms with Crippen molar-refractivity contribution in [2.45, 2.75) is 50.7 Å². The maximum absolute atomic E-state index is 12.0. The molecule has 0 bridgehead atoms. The van der Waals surface area contributed by atoms with Gasteiger partial charge in [0.05, 0.1) is 12.0 Å². The van der Waals surface area contributed by atoms with Crippen LogP contribution in [-0.4, -0.2) is 38.7 Å². The number of H-pyrrole nitrogens is 1. The van der Waals surface area contributed by atoms with Crippen LogP contribution in [0.25, 0.3) is 0 Å². The van der Waals surface area contributed by atoms with Crippen LogP contribution in [0.1, 0.15) is 37.1 Å². The lowest BCUT2D eigenvalue weighted by molar-refractivity contribution is -0.141. The van der Waals surface area contributed by atoms with E-state index in [4.69, 9.17) is 6.42 Å². The van der Waals surface area contributed by atoms with E-state index < -0.39 is 17.7 Å². The molecule has 8 nitrogen and oxygen atoms in total. The molecule has 1 unspecified atom stereocenters. The van der Waals surface area contributed by atoms with Crippen molar-refractivity contribution in [3.8, 4) is 12.3 Å². The van der Waals surface area contributed by atoms with Gasteiger partial charge >= 0.3 is 5.97 Å². The second kappa shape index (κ2) is 7.05. The van der Waals surface area contributed by atoms with Crippen molar-refractivity contribution >= 4 is 11.9 Å². The summed E-state index contributed by atoms with van der Waals surface area (Å²) in [5.41, 5.74) is 0.867. The molecule has 1 amide bonds. The third kappa shape index (κ3) is 4.64. The highest BCUT2D eigenvalue weighted by Crippen LogP contribution is 2.37. The van der Waals surface area contributed by atoms with Gasteiger partial charge < -0.3 is 15.4 Å². The number of nitrogens with one attached hydrogen (secondary N) is 2. The third-order valence-electron chi connectivity index (χ3n) is 3.77. The average Bonchev–Trinajstić information content (AvgIpc) is 3.18. The Bertz CT molecular complexity index is 652. The van der Waals surface area contributed by atoms with Crippen LogP contribution in [0.3, 0.4) is 0 Å². The van der Waals surface area contributed by atoms with Crippen LogP contribution in [0.5, 0.6) is 0 Å². The molecule has 0 spiro atoms. The lowest BCUT2D eigenvalue weighted by Crippen LogP contribution is -2.42. The fourth-order valence-electron chi connectivity index (χ4n) is 2.23. The Hall–Kier alpha value is -2.69. The Morgan fingerprint density at radius 1 is 1.48 bits per heavy atom. The molecule has 1 aliphatic rings. The summed E-state index contributed by atoms with van der Waals surface area (Å²) in [5.74, 6) is 1.08. The van der Waals surface area contributed by atoms with E-state index in [1.807, 2.05) is 0 Å². The Morgan fingerprint density at radius 3 is 2.74 bits per heavy atom. The van der Waals surface area contributed by atoms with E-state index in [0.717, 1.165) is 5.69 Å². The number of imidazole rings is 1. The summed E-state index contributed by atoms with van der Waals surface area (Å²) in [7, 11) is 0. The van der Waals surface area contributed by atoms with Crippen LogP contribution in [-0.2, 0) is 16.0 Å². The number of aromatic amines is 1. The zero-order valence-electron chi connectivity index (χ0n) is 12.9. The standard InChI is InChI=1S/C15H19N5O3/c1-3-4-6-15(19-20-15)7-5-13(21)18-12(14(22)23)8-11-10(2)16-9-17-11/h1,9,12H,4-8H2,2H3,(H,16,17)(H,18,21)(H,22,23). The van der Waals surface area contributed by atoms with Gasteiger partial charge in [0.15, 0.2) is 5.66 Å². The van der Waals surface area contributed by atoms with E-state index in [0.29, 0.717) is 25.0 Å². The summed E-state index contributed by atoms with van der Waals surface area (Å²) < 4.78 is 0. The Balaban J connectivity index is 1.83. The van der Waals surface area contributed by atoms with Gasteiger partial charge in [-0.25, -0.2) is 9.78 Å². The van der Waals surface area contributed by atoms with Gasteiger partial charge in [-0.2, -0.15) is 10.2 Å². The number of carboxylic acid groups (broad SMARTS) is 1. The maximum atomic E-state index is 12.0.